The summed E-state index contributed by atoms with van der Waals surface area (Å²) < 4.78 is 0. The highest BCUT2D eigenvalue weighted by Gasteiger charge is 2.21. The van der Waals surface area contributed by atoms with E-state index in [4.69, 9.17) is 0 Å². The lowest BCUT2D eigenvalue weighted by Crippen LogP contribution is -2.29. The zero-order valence-electron chi connectivity index (χ0n) is 11.5. The quantitative estimate of drug-likeness (QED) is 0.820. The molecule has 1 aliphatic carbocycles. The molecular formula is C16H25N. The van der Waals surface area contributed by atoms with Crippen molar-refractivity contribution in [3.8, 4) is 0 Å². The Balaban J connectivity index is 2.15. The summed E-state index contributed by atoms with van der Waals surface area (Å²) in [6, 6.07) is 5.60. The monoisotopic (exact) mass is 231 g/mol. The molecule has 17 heavy (non-hydrogen) atoms. The van der Waals surface area contributed by atoms with Crippen molar-refractivity contribution in [2.24, 2.45) is 0 Å². The highest BCUT2D eigenvalue weighted by molar-refractivity contribution is 5.42. The fourth-order valence-electron chi connectivity index (χ4n) is 2.93. The molecule has 1 aromatic carbocycles. The molecule has 0 fully saturated rings. The molecule has 0 amide bonds. The van der Waals surface area contributed by atoms with Gasteiger partial charge in [-0.2, -0.15) is 0 Å². The number of hydrogen-bond donors (Lipinski definition) is 1. The van der Waals surface area contributed by atoms with Gasteiger partial charge in [0.05, 0.1) is 0 Å². The third kappa shape index (κ3) is 2.71. The average Bonchev–Trinajstić information content (AvgIpc) is 2.76. The van der Waals surface area contributed by atoms with Gasteiger partial charge in [0, 0.05) is 6.04 Å². The highest BCUT2D eigenvalue weighted by atomic mass is 14.9. The summed E-state index contributed by atoms with van der Waals surface area (Å²) in [6.07, 6.45) is 6.03. The summed E-state index contributed by atoms with van der Waals surface area (Å²) in [6.45, 7) is 7.92. The van der Waals surface area contributed by atoms with E-state index in [-0.39, 0.29) is 0 Å². The maximum Gasteiger partial charge on any atom is 0.0148 e. The van der Waals surface area contributed by atoms with Gasteiger partial charge in [0.1, 0.15) is 0 Å². The van der Waals surface area contributed by atoms with E-state index >= 15 is 0 Å². The fraction of sp³-hybridized carbons (Fsp3) is 0.625. The van der Waals surface area contributed by atoms with Crippen LogP contribution in [0.15, 0.2) is 12.1 Å². The van der Waals surface area contributed by atoms with Crippen LogP contribution < -0.4 is 5.32 Å². The third-order valence-corrected chi connectivity index (χ3v) is 3.90. The van der Waals surface area contributed by atoms with E-state index in [0.717, 1.165) is 6.54 Å². The molecule has 2 rings (SSSR count). The molecular weight excluding hydrogens is 206 g/mol. The fourth-order valence-corrected chi connectivity index (χ4v) is 2.93. The van der Waals surface area contributed by atoms with Crippen LogP contribution >= 0.6 is 0 Å². The van der Waals surface area contributed by atoms with Crippen molar-refractivity contribution in [1.82, 2.24) is 5.32 Å². The maximum atomic E-state index is 3.65. The second-order valence-electron chi connectivity index (χ2n) is 5.16. The molecule has 1 aromatic rings. The molecule has 1 N–H and O–H groups in total. The van der Waals surface area contributed by atoms with Gasteiger partial charge in [-0.1, -0.05) is 32.9 Å². The predicted octanol–water partition coefficient (Wildman–Crippen LogP) is 3.28. The van der Waals surface area contributed by atoms with Gasteiger partial charge in [0.2, 0.25) is 0 Å². The molecule has 0 aromatic heterocycles. The third-order valence-electron chi connectivity index (χ3n) is 3.90. The Hall–Kier alpha value is -0.820. The number of nitrogens with one attached hydrogen (secondary N) is 1. The molecule has 0 heterocycles. The zero-order valence-corrected chi connectivity index (χ0v) is 11.5. The minimum atomic E-state index is 0.682. The van der Waals surface area contributed by atoms with Crippen molar-refractivity contribution in [1.29, 1.82) is 0 Å². The average molecular weight is 231 g/mol. The Morgan fingerprint density at radius 2 is 1.53 bits per heavy atom. The predicted molar refractivity (Wildman–Crippen MR) is 74.7 cm³/mol. The van der Waals surface area contributed by atoms with Gasteiger partial charge in [-0.15, -0.1) is 0 Å². The summed E-state index contributed by atoms with van der Waals surface area (Å²) in [5.74, 6) is 0. The van der Waals surface area contributed by atoms with Crippen molar-refractivity contribution in [3.63, 3.8) is 0 Å². The second kappa shape index (κ2) is 5.68. The SMILES string of the molecule is CCCNC1Cc2cc(CC)c(CC)cc2C1. The standard InChI is InChI=1S/C16H25N/c1-4-7-17-16-10-14-8-12(5-2)13(6-3)9-15(14)11-16/h8-9,16-17H,4-7,10-11H2,1-3H3. The van der Waals surface area contributed by atoms with E-state index < -0.39 is 0 Å². The van der Waals surface area contributed by atoms with Gasteiger partial charge >= 0.3 is 0 Å². The molecule has 0 aliphatic heterocycles. The molecule has 0 radical (unpaired) electrons. The van der Waals surface area contributed by atoms with Crippen LogP contribution in [0.5, 0.6) is 0 Å². The highest BCUT2D eigenvalue weighted by Crippen LogP contribution is 2.26. The molecule has 0 saturated heterocycles. The summed E-state index contributed by atoms with van der Waals surface area (Å²) in [5.41, 5.74) is 6.30. The normalized spacial score (nSPS) is 15.2. The summed E-state index contributed by atoms with van der Waals surface area (Å²) in [4.78, 5) is 0. The summed E-state index contributed by atoms with van der Waals surface area (Å²) in [7, 11) is 0. The van der Waals surface area contributed by atoms with Gasteiger partial charge in [-0.25, -0.2) is 0 Å². The Kier molecular flexibility index (Phi) is 4.22. The lowest BCUT2D eigenvalue weighted by atomic mass is 9.97. The number of benzene rings is 1. The van der Waals surface area contributed by atoms with Crippen LogP contribution in [0.4, 0.5) is 0 Å². The van der Waals surface area contributed by atoms with Crippen LogP contribution in [-0.4, -0.2) is 12.6 Å². The molecule has 94 valence electrons. The van der Waals surface area contributed by atoms with Crippen molar-refractivity contribution in [3.05, 3.63) is 34.4 Å². The van der Waals surface area contributed by atoms with Crippen LogP contribution in [0.3, 0.4) is 0 Å². The van der Waals surface area contributed by atoms with Gasteiger partial charge < -0.3 is 5.32 Å². The van der Waals surface area contributed by atoms with E-state index in [1.807, 2.05) is 0 Å². The Labute approximate surface area is 106 Å². The maximum absolute atomic E-state index is 3.65. The number of fused-ring (bicyclic) bond motifs is 1. The van der Waals surface area contributed by atoms with E-state index in [1.54, 1.807) is 22.3 Å². The number of rotatable bonds is 5. The first kappa shape index (κ1) is 12.6. The van der Waals surface area contributed by atoms with E-state index in [2.05, 4.69) is 38.2 Å². The van der Waals surface area contributed by atoms with Crippen molar-refractivity contribution in [2.45, 2.75) is 58.9 Å². The second-order valence-corrected chi connectivity index (χ2v) is 5.16. The van der Waals surface area contributed by atoms with Crippen LogP contribution in [0.1, 0.15) is 49.4 Å². The van der Waals surface area contributed by atoms with Crippen LogP contribution in [0, 0.1) is 0 Å². The molecule has 0 bridgehead atoms. The van der Waals surface area contributed by atoms with E-state index in [1.165, 1.54) is 32.1 Å². The van der Waals surface area contributed by atoms with Crippen molar-refractivity contribution < 1.29 is 0 Å². The van der Waals surface area contributed by atoms with Gasteiger partial charge in [0.25, 0.3) is 0 Å². The smallest absolute Gasteiger partial charge is 0.0148 e. The molecule has 0 atom stereocenters. The van der Waals surface area contributed by atoms with Crippen molar-refractivity contribution in [2.75, 3.05) is 6.54 Å². The Bertz CT molecular complexity index is 348. The molecule has 1 aliphatic rings. The number of aryl methyl sites for hydroxylation is 2. The van der Waals surface area contributed by atoms with E-state index in [9.17, 15) is 0 Å². The topological polar surface area (TPSA) is 12.0 Å². The minimum absolute atomic E-state index is 0.682. The minimum Gasteiger partial charge on any atom is -0.313 e. The lowest BCUT2D eigenvalue weighted by molar-refractivity contribution is 0.531. The summed E-state index contributed by atoms with van der Waals surface area (Å²) in [5, 5.41) is 3.65. The Morgan fingerprint density at radius 1 is 1.00 bits per heavy atom. The van der Waals surface area contributed by atoms with Gasteiger partial charge in [-0.3, -0.25) is 0 Å². The molecule has 0 spiro atoms. The molecule has 0 saturated carbocycles. The lowest BCUT2D eigenvalue weighted by Gasteiger charge is -2.09. The molecule has 0 unspecified atom stereocenters. The first-order valence-corrected chi connectivity index (χ1v) is 7.15. The molecule has 1 heteroatoms. The molecule has 1 nitrogen and oxygen atoms in total. The van der Waals surface area contributed by atoms with Gasteiger partial charge in [-0.05, 0) is 60.9 Å². The first-order chi connectivity index (χ1) is 8.28. The summed E-state index contributed by atoms with van der Waals surface area (Å²) >= 11 is 0. The largest absolute Gasteiger partial charge is 0.313 e. The first-order valence-electron chi connectivity index (χ1n) is 7.15. The number of hydrogen-bond acceptors (Lipinski definition) is 1. The van der Waals surface area contributed by atoms with E-state index in [0.29, 0.717) is 6.04 Å². The van der Waals surface area contributed by atoms with Crippen LogP contribution in [0.25, 0.3) is 0 Å². The van der Waals surface area contributed by atoms with Gasteiger partial charge in [0.15, 0.2) is 0 Å². The van der Waals surface area contributed by atoms with Crippen LogP contribution in [0.2, 0.25) is 0 Å². The zero-order chi connectivity index (χ0) is 12.3. The van der Waals surface area contributed by atoms with Crippen LogP contribution in [-0.2, 0) is 25.7 Å². The van der Waals surface area contributed by atoms with Crippen molar-refractivity contribution >= 4 is 0 Å². The Morgan fingerprint density at radius 3 is 1.94 bits per heavy atom.